The summed E-state index contributed by atoms with van der Waals surface area (Å²) in [6.07, 6.45) is 0. The molecule has 6 heteroatoms. The topological polar surface area (TPSA) is 92.0 Å². The number of nitrogens with zero attached hydrogens (tertiary/aromatic N) is 3. The Bertz CT molecular complexity index is 219. The fraction of sp³-hybridized carbons (Fsp3) is 0.500. The van der Waals surface area contributed by atoms with Crippen molar-refractivity contribution < 1.29 is 4.74 Å². The minimum Gasteiger partial charge on any atom is -0.377 e. The van der Waals surface area contributed by atoms with Crippen LogP contribution in [0.2, 0.25) is 0 Å². The second kappa shape index (κ2) is 2.53. The lowest BCUT2D eigenvalue weighted by Gasteiger charge is -1.97. The van der Waals surface area contributed by atoms with E-state index in [1.54, 1.807) is 7.11 Å². The molecule has 1 heterocycles. The van der Waals surface area contributed by atoms with Crippen LogP contribution < -0.4 is 11.6 Å². The van der Waals surface area contributed by atoms with Crippen LogP contribution in [-0.2, 0) is 11.3 Å². The minimum absolute atomic E-state index is 0.187. The second-order valence-corrected chi connectivity index (χ2v) is 1.78. The average molecular weight is 143 g/mol. The van der Waals surface area contributed by atoms with E-state index >= 15 is 0 Å². The summed E-state index contributed by atoms with van der Waals surface area (Å²) in [5.74, 6) is 6.08. The lowest BCUT2D eigenvalue weighted by Crippen LogP contribution is -2.15. The van der Waals surface area contributed by atoms with Gasteiger partial charge in [-0.05, 0) is 0 Å². The number of aromatic nitrogens is 3. The normalized spacial score (nSPS) is 10.1. The summed E-state index contributed by atoms with van der Waals surface area (Å²) in [7, 11) is 1.55. The second-order valence-electron chi connectivity index (χ2n) is 1.78. The van der Waals surface area contributed by atoms with Crippen molar-refractivity contribution >= 4 is 5.95 Å². The fourth-order valence-electron chi connectivity index (χ4n) is 0.565. The quantitative estimate of drug-likeness (QED) is 0.503. The molecule has 4 N–H and O–H groups in total. The van der Waals surface area contributed by atoms with Gasteiger partial charge in [0.2, 0.25) is 5.95 Å². The average Bonchev–Trinajstić information content (AvgIpc) is 2.20. The molecule has 10 heavy (non-hydrogen) atoms. The monoisotopic (exact) mass is 143 g/mol. The van der Waals surface area contributed by atoms with Crippen LogP contribution in [0.25, 0.3) is 0 Å². The van der Waals surface area contributed by atoms with Crippen LogP contribution in [0, 0.1) is 0 Å². The first kappa shape index (κ1) is 6.81. The summed E-state index contributed by atoms with van der Waals surface area (Å²) in [5, 5.41) is 7.16. The molecule has 0 unspecified atom stereocenters. The molecule has 1 aromatic heterocycles. The Morgan fingerprint density at radius 2 is 2.30 bits per heavy atom. The fourth-order valence-corrected chi connectivity index (χ4v) is 0.565. The van der Waals surface area contributed by atoms with E-state index in [9.17, 15) is 0 Å². The summed E-state index contributed by atoms with van der Waals surface area (Å²) >= 11 is 0. The molecule has 6 nitrogen and oxygen atoms in total. The summed E-state index contributed by atoms with van der Waals surface area (Å²) in [4.78, 5) is 0. The number of anilines is 1. The molecule has 0 saturated carbocycles. The standard InChI is InChI=1S/C4H9N5O/c1-10-2-3-7-8-4(5)9(3)6/h2,6H2,1H3,(H2,5,8). The number of nitrogen functional groups attached to an aromatic ring is 2. The smallest absolute Gasteiger partial charge is 0.240 e. The van der Waals surface area contributed by atoms with Gasteiger partial charge in [-0.15, -0.1) is 10.2 Å². The minimum atomic E-state index is 0.187. The van der Waals surface area contributed by atoms with Gasteiger partial charge in [0, 0.05) is 7.11 Å². The molecular formula is C4H9N5O. The van der Waals surface area contributed by atoms with Crippen LogP contribution >= 0.6 is 0 Å². The molecular weight excluding hydrogens is 134 g/mol. The molecule has 0 aliphatic carbocycles. The Labute approximate surface area is 57.8 Å². The van der Waals surface area contributed by atoms with Gasteiger partial charge in [0.25, 0.3) is 0 Å². The highest BCUT2D eigenvalue weighted by Gasteiger charge is 2.03. The molecule has 0 aromatic carbocycles. The molecule has 0 aliphatic rings. The molecule has 0 aliphatic heterocycles. The number of hydrogen-bond acceptors (Lipinski definition) is 5. The summed E-state index contributed by atoms with van der Waals surface area (Å²) < 4.78 is 5.95. The van der Waals surface area contributed by atoms with E-state index < -0.39 is 0 Å². The van der Waals surface area contributed by atoms with E-state index in [1.165, 1.54) is 4.68 Å². The summed E-state index contributed by atoms with van der Waals surface area (Å²) in [6, 6.07) is 0. The third-order valence-electron chi connectivity index (χ3n) is 1.07. The van der Waals surface area contributed by atoms with Gasteiger partial charge in [0.15, 0.2) is 5.82 Å². The highest BCUT2D eigenvalue weighted by atomic mass is 16.5. The van der Waals surface area contributed by atoms with E-state index in [-0.39, 0.29) is 5.95 Å². The molecule has 56 valence electrons. The van der Waals surface area contributed by atoms with Gasteiger partial charge in [-0.1, -0.05) is 0 Å². The zero-order valence-electron chi connectivity index (χ0n) is 5.61. The highest BCUT2D eigenvalue weighted by Crippen LogP contribution is 1.97. The third-order valence-corrected chi connectivity index (χ3v) is 1.07. The molecule has 0 bridgehead atoms. The van der Waals surface area contributed by atoms with Gasteiger partial charge >= 0.3 is 0 Å². The largest absolute Gasteiger partial charge is 0.377 e. The summed E-state index contributed by atoms with van der Waals surface area (Å²) in [5.41, 5.74) is 5.28. The lowest BCUT2D eigenvalue weighted by atomic mass is 10.7. The van der Waals surface area contributed by atoms with E-state index in [0.717, 1.165) is 0 Å². The van der Waals surface area contributed by atoms with Crippen LogP contribution in [0.15, 0.2) is 0 Å². The molecule has 0 amide bonds. The zero-order chi connectivity index (χ0) is 7.56. The van der Waals surface area contributed by atoms with Gasteiger partial charge in [0.1, 0.15) is 6.61 Å². The van der Waals surface area contributed by atoms with Crippen molar-refractivity contribution in [3.8, 4) is 0 Å². The van der Waals surface area contributed by atoms with Crippen LogP contribution in [-0.4, -0.2) is 22.0 Å². The first-order valence-corrected chi connectivity index (χ1v) is 2.69. The molecule has 0 fully saturated rings. The number of hydrogen-bond donors (Lipinski definition) is 2. The van der Waals surface area contributed by atoms with Gasteiger partial charge in [-0.3, -0.25) is 0 Å². The maximum atomic E-state index is 5.38. The number of rotatable bonds is 2. The Kier molecular flexibility index (Phi) is 1.72. The molecule has 1 rings (SSSR count). The Morgan fingerprint density at radius 3 is 2.70 bits per heavy atom. The Morgan fingerprint density at radius 1 is 1.60 bits per heavy atom. The van der Waals surface area contributed by atoms with E-state index in [2.05, 4.69) is 10.2 Å². The van der Waals surface area contributed by atoms with Gasteiger partial charge in [-0.25, -0.2) is 4.68 Å². The van der Waals surface area contributed by atoms with Crippen LogP contribution in [0.5, 0.6) is 0 Å². The predicted molar refractivity (Wildman–Crippen MR) is 35.3 cm³/mol. The van der Waals surface area contributed by atoms with Crippen LogP contribution in [0.3, 0.4) is 0 Å². The SMILES string of the molecule is COCc1nnc(N)n1N. The first-order valence-electron chi connectivity index (χ1n) is 2.69. The van der Waals surface area contributed by atoms with Crippen molar-refractivity contribution in [2.24, 2.45) is 0 Å². The van der Waals surface area contributed by atoms with Gasteiger partial charge < -0.3 is 16.3 Å². The van der Waals surface area contributed by atoms with Crippen molar-refractivity contribution in [1.82, 2.24) is 14.9 Å². The number of nitrogens with two attached hydrogens (primary N) is 2. The van der Waals surface area contributed by atoms with Crippen molar-refractivity contribution in [2.45, 2.75) is 6.61 Å². The van der Waals surface area contributed by atoms with Crippen LogP contribution in [0.4, 0.5) is 5.95 Å². The third kappa shape index (κ3) is 1.01. The molecule has 0 spiro atoms. The number of methoxy groups -OCH3 is 1. The molecule has 1 aromatic rings. The first-order chi connectivity index (χ1) is 4.75. The van der Waals surface area contributed by atoms with Crippen LogP contribution in [0.1, 0.15) is 5.82 Å². The van der Waals surface area contributed by atoms with Gasteiger partial charge in [-0.2, -0.15) is 0 Å². The summed E-state index contributed by atoms with van der Waals surface area (Å²) in [6.45, 7) is 0.320. The molecule has 0 saturated heterocycles. The van der Waals surface area contributed by atoms with E-state index in [0.29, 0.717) is 12.4 Å². The maximum absolute atomic E-state index is 5.38. The predicted octanol–water partition coefficient (Wildman–Crippen LogP) is -1.28. The number of ether oxygens (including phenoxy) is 1. The van der Waals surface area contributed by atoms with Crippen molar-refractivity contribution in [1.29, 1.82) is 0 Å². The highest BCUT2D eigenvalue weighted by molar-refractivity contribution is 5.16. The zero-order valence-corrected chi connectivity index (χ0v) is 5.61. The van der Waals surface area contributed by atoms with Crippen molar-refractivity contribution in [2.75, 3.05) is 18.7 Å². The van der Waals surface area contributed by atoms with E-state index in [4.69, 9.17) is 16.3 Å². The van der Waals surface area contributed by atoms with Crippen molar-refractivity contribution in [3.05, 3.63) is 5.82 Å². The Hall–Kier alpha value is -1.30. The van der Waals surface area contributed by atoms with Crippen molar-refractivity contribution in [3.63, 3.8) is 0 Å². The lowest BCUT2D eigenvalue weighted by molar-refractivity contribution is 0.175. The molecule has 0 atom stereocenters. The van der Waals surface area contributed by atoms with E-state index in [1.807, 2.05) is 0 Å². The Balaban J connectivity index is 2.83. The van der Waals surface area contributed by atoms with Gasteiger partial charge in [0.05, 0.1) is 0 Å². The molecule has 0 radical (unpaired) electrons. The maximum Gasteiger partial charge on any atom is 0.240 e.